The first-order valence-electron chi connectivity index (χ1n) is 14.9. The highest BCUT2D eigenvalue weighted by Gasteiger charge is 2.42. The van der Waals surface area contributed by atoms with E-state index in [0.29, 0.717) is 29.7 Å². The third-order valence-corrected chi connectivity index (χ3v) is 8.67. The van der Waals surface area contributed by atoms with Crippen LogP contribution in [0.15, 0.2) is 54.7 Å². The first-order chi connectivity index (χ1) is 21.9. The Labute approximate surface area is 267 Å². The fraction of sp³-hybridized carbons (Fsp3) is 0.424. The molecule has 2 aromatic carbocycles. The van der Waals surface area contributed by atoms with Gasteiger partial charge in [0, 0.05) is 39.5 Å². The predicted octanol–water partition coefficient (Wildman–Crippen LogP) is 4.81. The predicted molar refractivity (Wildman–Crippen MR) is 169 cm³/mol. The van der Waals surface area contributed by atoms with Gasteiger partial charge in [-0.3, -0.25) is 9.88 Å². The van der Waals surface area contributed by atoms with E-state index < -0.39 is 11.8 Å². The highest BCUT2D eigenvalue weighted by Crippen LogP contribution is 2.49. The number of carboxylic acids is 1. The number of imidazole rings is 1. The largest absolute Gasteiger partial charge is 0.478 e. The summed E-state index contributed by atoms with van der Waals surface area (Å²) in [5, 5.41) is 24.1. The minimum atomic E-state index is -1.01. The summed E-state index contributed by atoms with van der Waals surface area (Å²) in [6.07, 6.45) is 4.70. The number of hydrogen-bond donors (Lipinski definition) is 3. The van der Waals surface area contributed by atoms with Gasteiger partial charge in [0.2, 0.25) is 0 Å². The summed E-state index contributed by atoms with van der Waals surface area (Å²) in [7, 11) is 2.00. The standard InChI is InChI=1S/C31H31ClN4O5.2CH4O/c1-31(27-8-6-21(32)16-33-27)40-26-4-2-3-23(29(26)41-31)19-9-12-35(13-10-19)18-28-34-24-7-5-20(30(37)38)15-25(24)36(28)17-22-11-14-39-22;2*1-2/h2-8,15-16,19,22H,9-14,17-18H2,1H3,(H,37,38);2*2H,1H3/t22?,31-;;/m0../s1. The molecule has 3 aliphatic rings. The highest BCUT2D eigenvalue weighted by molar-refractivity contribution is 6.30. The second kappa shape index (κ2) is 14.1. The molecule has 4 aromatic rings. The molecule has 0 aliphatic carbocycles. The average Bonchev–Trinajstić information content (AvgIpc) is 3.58. The Morgan fingerprint density at radius 2 is 1.80 bits per heavy atom. The summed E-state index contributed by atoms with van der Waals surface area (Å²) in [6.45, 7) is 5.86. The number of pyridine rings is 1. The molecule has 12 heteroatoms. The second-order valence-corrected chi connectivity index (χ2v) is 11.6. The van der Waals surface area contributed by atoms with Crippen LogP contribution in [0.3, 0.4) is 0 Å². The molecule has 0 saturated carbocycles. The van der Waals surface area contributed by atoms with Crippen LogP contribution in [0, 0.1) is 0 Å². The monoisotopic (exact) mass is 638 g/mol. The molecular weight excluding hydrogens is 600 g/mol. The molecule has 11 nitrogen and oxygen atoms in total. The van der Waals surface area contributed by atoms with Crippen LogP contribution >= 0.6 is 11.6 Å². The summed E-state index contributed by atoms with van der Waals surface area (Å²) in [4.78, 5) is 23.4. The number of hydrogen-bond acceptors (Lipinski definition) is 9. The van der Waals surface area contributed by atoms with Gasteiger partial charge in [0.15, 0.2) is 11.5 Å². The van der Waals surface area contributed by atoms with E-state index in [1.807, 2.05) is 25.1 Å². The van der Waals surface area contributed by atoms with Gasteiger partial charge in [0.05, 0.1) is 40.8 Å². The number of benzene rings is 2. The first kappa shape index (κ1) is 32.6. The number of aromatic nitrogens is 3. The van der Waals surface area contributed by atoms with Crippen molar-refractivity contribution in [2.45, 2.75) is 57.1 Å². The molecule has 45 heavy (non-hydrogen) atoms. The molecule has 0 radical (unpaired) electrons. The zero-order valence-corrected chi connectivity index (χ0v) is 26.4. The second-order valence-electron chi connectivity index (χ2n) is 11.2. The van der Waals surface area contributed by atoms with Gasteiger partial charge < -0.3 is 34.1 Å². The zero-order valence-electron chi connectivity index (χ0n) is 25.6. The molecule has 2 fully saturated rings. The number of carboxylic acid groups (broad SMARTS) is 1. The van der Waals surface area contributed by atoms with Crippen molar-refractivity contribution in [2.24, 2.45) is 0 Å². The number of fused-ring (bicyclic) bond motifs is 2. The first-order valence-corrected chi connectivity index (χ1v) is 15.3. The maximum Gasteiger partial charge on any atom is 0.335 e. The van der Waals surface area contributed by atoms with Crippen LogP contribution in [-0.2, 0) is 23.6 Å². The minimum Gasteiger partial charge on any atom is -0.478 e. The Kier molecular flexibility index (Phi) is 10.3. The molecule has 5 heterocycles. The van der Waals surface area contributed by atoms with Crippen LogP contribution in [0.2, 0.25) is 5.02 Å². The number of aliphatic hydroxyl groups is 2. The Bertz CT molecular complexity index is 1620. The van der Waals surface area contributed by atoms with Crippen molar-refractivity contribution in [3.63, 3.8) is 0 Å². The molecule has 2 saturated heterocycles. The molecule has 2 aromatic heterocycles. The fourth-order valence-corrected chi connectivity index (χ4v) is 6.19. The van der Waals surface area contributed by atoms with E-state index in [0.717, 1.165) is 87.1 Å². The van der Waals surface area contributed by atoms with E-state index in [-0.39, 0.29) is 11.7 Å². The van der Waals surface area contributed by atoms with Crippen LogP contribution in [-0.4, -0.2) is 80.7 Å². The number of piperidine rings is 1. The van der Waals surface area contributed by atoms with E-state index in [1.54, 1.807) is 30.5 Å². The van der Waals surface area contributed by atoms with Gasteiger partial charge in [-0.1, -0.05) is 23.7 Å². The van der Waals surface area contributed by atoms with Gasteiger partial charge in [-0.05, 0) is 74.7 Å². The van der Waals surface area contributed by atoms with Gasteiger partial charge in [-0.15, -0.1) is 0 Å². The molecular formula is C33H39ClN4O7. The van der Waals surface area contributed by atoms with Crippen molar-refractivity contribution in [3.8, 4) is 11.5 Å². The van der Waals surface area contributed by atoms with E-state index in [1.165, 1.54) is 0 Å². The lowest BCUT2D eigenvalue weighted by Crippen LogP contribution is -2.35. The van der Waals surface area contributed by atoms with E-state index in [9.17, 15) is 9.90 Å². The maximum atomic E-state index is 11.6. The number of para-hydroxylation sites is 1. The molecule has 240 valence electrons. The van der Waals surface area contributed by atoms with Crippen molar-refractivity contribution in [1.29, 1.82) is 0 Å². The van der Waals surface area contributed by atoms with Crippen molar-refractivity contribution in [3.05, 3.63) is 82.4 Å². The Hall–Kier alpha value is -3.74. The van der Waals surface area contributed by atoms with Crippen molar-refractivity contribution >= 4 is 28.6 Å². The van der Waals surface area contributed by atoms with Gasteiger partial charge in [-0.2, -0.15) is 0 Å². The average molecular weight is 639 g/mol. The van der Waals surface area contributed by atoms with E-state index >= 15 is 0 Å². The smallest absolute Gasteiger partial charge is 0.335 e. The Morgan fingerprint density at radius 3 is 2.44 bits per heavy atom. The number of aromatic carboxylic acids is 1. The molecule has 0 spiro atoms. The lowest BCUT2D eigenvalue weighted by atomic mass is 9.88. The Balaban J connectivity index is 0.000000963. The van der Waals surface area contributed by atoms with Crippen LogP contribution in [0.4, 0.5) is 0 Å². The molecule has 1 unspecified atom stereocenters. The van der Waals surface area contributed by atoms with Crippen molar-refractivity contribution in [1.82, 2.24) is 19.4 Å². The quantitative estimate of drug-likeness (QED) is 0.258. The summed E-state index contributed by atoms with van der Waals surface area (Å²) >= 11 is 6.04. The lowest BCUT2D eigenvalue weighted by Gasteiger charge is -2.33. The van der Waals surface area contributed by atoms with Gasteiger partial charge >= 0.3 is 5.97 Å². The number of rotatable bonds is 7. The fourth-order valence-electron chi connectivity index (χ4n) is 6.08. The Morgan fingerprint density at radius 1 is 1.04 bits per heavy atom. The van der Waals surface area contributed by atoms with Crippen LogP contribution in [0.25, 0.3) is 11.0 Å². The van der Waals surface area contributed by atoms with E-state index in [2.05, 4.69) is 20.5 Å². The minimum absolute atomic E-state index is 0.140. The van der Waals surface area contributed by atoms with Gasteiger partial charge in [0.1, 0.15) is 11.5 Å². The van der Waals surface area contributed by atoms with Crippen molar-refractivity contribution < 1.29 is 34.3 Å². The summed E-state index contributed by atoms with van der Waals surface area (Å²) < 4.78 is 20.6. The molecule has 0 bridgehead atoms. The van der Waals surface area contributed by atoms with Gasteiger partial charge in [0.25, 0.3) is 5.79 Å². The number of ether oxygens (including phenoxy) is 3. The number of likely N-dealkylation sites (tertiary alicyclic amines) is 1. The summed E-state index contributed by atoms with van der Waals surface area (Å²) in [6, 6.07) is 14.9. The number of aliphatic hydroxyl groups excluding tert-OH is 2. The molecule has 2 atom stereocenters. The maximum absolute atomic E-state index is 11.6. The third-order valence-electron chi connectivity index (χ3n) is 8.45. The zero-order chi connectivity index (χ0) is 32.1. The van der Waals surface area contributed by atoms with Crippen LogP contribution in [0.5, 0.6) is 11.5 Å². The lowest BCUT2D eigenvalue weighted by molar-refractivity contribution is -0.0722. The third kappa shape index (κ3) is 6.78. The number of nitrogens with zero attached hydrogens (tertiary/aromatic N) is 4. The summed E-state index contributed by atoms with van der Waals surface area (Å²) in [5.41, 5.74) is 3.76. The summed E-state index contributed by atoms with van der Waals surface area (Å²) in [5.74, 6) is 0.868. The topological polar surface area (TPSA) is 139 Å². The van der Waals surface area contributed by atoms with Crippen molar-refractivity contribution in [2.75, 3.05) is 33.9 Å². The molecule has 3 N–H and O–H groups in total. The van der Waals surface area contributed by atoms with Crippen LogP contribution in [0.1, 0.15) is 59.5 Å². The molecule has 3 aliphatic heterocycles. The SMILES string of the molecule is CO.CO.C[C@]1(c2ccc(Cl)cn2)Oc2cccc(C3CCN(Cc4nc5ccc(C(=O)O)cc5n4CC4CCO4)CC3)c2O1. The number of carbonyl (C=O) groups is 1. The highest BCUT2D eigenvalue weighted by atomic mass is 35.5. The molecule has 7 rings (SSSR count). The normalized spacial score (nSPS) is 20.9. The molecule has 0 amide bonds. The number of halogens is 1. The van der Waals surface area contributed by atoms with Crippen LogP contribution < -0.4 is 9.47 Å². The van der Waals surface area contributed by atoms with E-state index in [4.69, 9.17) is 41.0 Å². The van der Waals surface area contributed by atoms with Gasteiger partial charge in [-0.25, -0.2) is 9.78 Å².